The first-order chi connectivity index (χ1) is 9.70. The number of nitrogens with zero attached hydrogens (tertiary/aromatic N) is 1. The molecule has 1 aliphatic rings. The van der Waals surface area contributed by atoms with E-state index in [0.29, 0.717) is 18.0 Å². The average molecular weight is 293 g/mol. The van der Waals surface area contributed by atoms with Gasteiger partial charge in [0.05, 0.1) is 16.4 Å². The van der Waals surface area contributed by atoms with Gasteiger partial charge in [0.25, 0.3) is 5.91 Å². The Balaban J connectivity index is 1.77. The molecule has 0 saturated heterocycles. The molecule has 4 nitrogen and oxygen atoms in total. The van der Waals surface area contributed by atoms with Gasteiger partial charge in [-0.05, 0) is 30.9 Å². The number of hydrogen-bond acceptors (Lipinski definition) is 4. The van der Waals surface area contributed by atoms with Crippen LogP contribution in [0.3, 0.4) is 0 Å². The predicted molar refractivity (Wildman–Crippen MR) is 78.8 cm³/mol. The lowest BCUT2D eigenvalue weighted by Crippen LogP contribution is -2.29. The van der Waals surface area contributed by atoms with E-state index in [0.717, 1.165) is 17.4 Å². The first-order valence-corrected chi connectivity index (χ1v) is 7.55. The van der Waals surface area contributed by atoms with Gasteiger partial charge in [-0.15, -0.1) is 11.3 Å². The van der Waals surface area contributed by atoms with Crippen LogP contribution >= 0.6 is 11.3 Å². The fraction of sp³-hybridized carbons (Fsp3) is 0.533. The molecule has 0 aromatic carbocycles. The van der Waals surface area contributed by atoms with Crippen LogP contribution in [0, 0.1) is 17.8 Å². The Bertz CT molecular complexity index is 511. The zero-order valence-electron chi connectivity index (χ0n) is 11.6. The molecule has 2 rings (SSSR count). The lowest BCUT2D eigenvalue weighted by atomic mass is 10.4. The molecule has 1 fully saturated rings. The molecule has 1 aliphatic carbocycles. The molecule has 1 saturated carbocycles. The van der Waals surface area contributed by atoms with Crippen LogP contribution < -0.4 is 0 Å². The number of thiophene rings is 1. The minimum atomic E-state index is -0.167. The number of amides is 1. The molecular formula is C15H19NO3S. The maximum Gasteiger partial charge on any atom is 0.263 e. The minimum absolute atomic E-state index is 0.0120. The smallest absolute Gasteiger partial charge is 0.263 e. The van der Waals surface area contributed by atoms with Crippen molar-refractivity contribution in [3.8, 4) is 11.8 Å². The van der Waals surface area contributed by atoms with Crippen molar-refractivity contribution in [1.29, 1.82) is 0 Å². The van der Waals surface area contributed by atoms with Gasteiger partial charge < -0.3 is 14.7 Å². The molecule has 1 aromatic heterocycles. The van der Waals surface area contributed by atoms with Crippen LogP contribution in [-0.2, 0) is 4.74 Å². The average Bonchev–Trinajstić information content (AvgIpc) is 3.16. The summed E-state index contributed by atoms with van der Waals surface area (Å²) in [7, 11) is 1.78. The fourth-order valence-corrected chi connectivity index (χ4v) is 2.55. The van der Waals surface area contributed by atoms with Crippen molar-refractivity contribution in [1.82, 2.24) is 4.90 Å². The highest BCUT2D eigenvalue weighted by atomic mass is 32.1. The number of carbonyl (C=O) groups excluding carboxylic acids is 1. The van der Waals surface area contributed by atoms with Gasteiger partial charge in [-0.2, -0.15) is 0 Å². The third-order valence-corrected chi connectivity index (χ3v) is 4.06. The summed E-state index contributed by atoms with van der Waals surface area (Å²) < 4.78 is 5.53. The lowest BCUT2D eigenvalue weighted by molar-refractivity contribution is 0.0685. The summed E-state index contributed by atoms with van der Waals surface area (Å²) in [5.41, 5.74) is 0. The summed E-state index contributed by atoms with van der Waals surface area (Å²) >= 11 is 1.35. The molecule has 1 aromatic rings. The molecule has 1 N–H and O–H groups in total. The van der Waals surface area contributed by atoms with Gasteiger partial charge in [0.15, 0.2) is 0 Å². The normalized spacial score (nSPS) is 13.7. The molecule has 1 amide bonds. The second-order valence-corrected chi connectivity index (χ2v) is 5.95. The number of ether oxygens (including phenoxy) is 1. The van der Waals surface area contributed by atoms with E-state index < -0.39 is 0 Å². The third-order valence-electron chi connectivity index (χ3n) is 3.08. The Kier molecular flexibility index (Phi) is 5.60. The van der Waals surface area contributed by atoms with Gasteiger partial charge in [-0.25, -0.2) is 0 Å². The van der Waals surface area contributed by atoms with E-state index in [2.05, 4.69) is 11.8 Å². The summed E-state index contributed by atoms with van der Waals surface area (Å²) in [6.45, 7) is 1.84. The monoisotopic (exact) mass is 293 g/mol. The van der Waals surface area contributed by atoms with E-state index in [-0.39, 0.29) is 12.5 Å². The number of hydrogen-bond donors (Lipinski definition) is 1. The van der Waals surface area contributed by atoms with E-state index >= 15 is 0 Å². The molecule has 0 unspecified atom stereocenters. The first kappa shape index (κ1) is 15.0. The maximum absolute atomic E-state index is 12.2. The van der Waals surface area contributed by atoms with Gasteiger partial charge in [0.1, 0.15) is 6.61 Å². The van der Waals surface area contributed by atoms with Crippen LogP contribution in [0.5, 0.6) is 0 Å². The highest BCUT2D eigenvalue weighted by molar-refractivity contribution is 7.14. The zero-order valence-corrected chi connectivity index (χ0v) is 12.4. The largest absolute Gasteiger partial charge is 0.384 e. The molecule has 0 aliphatic heterocycles. The van der Waals surface area contributed by atoms with Crippen LogP contribution in [0.1, 0.15) is 27.4 Å². The molecule has 0 radical (unpaired) electrons. The molecule has 108 valence electrons. The summed E-state index contributed by atoms with van der Waals surface area (Å²) in [5.74, 6) is 6.12. The van der Waals surface area contributed by atoms with Crippen LogP contribution in [0.4, 0.5) is 0 Å². The summed E-state index contributed by atoms with van der Waals surface area (Å²) in [6.07, 6.45) is 2.56. The SMILES string of the molecule is CN(CCOCC1CC1)C(=O)c1ccc(C#CCO)s1. The van der Waals surface area contributed by atoms with E-state index in [9.17, 15) is 4.79 Å². The Labute approximate surface area is 123 Å². The molecule has 20 heavy (non-hydrogen) atoms. The Morgan fingerprint density at radius 1 is 1.55 bits per heavy atom. The van der Waals surface area contributed by atoms with Gasteiger partial charge in [-0.1, -0.05) is 11.8 Å². The second-order valence-electron chi connectivity index (χ2n) is 4.87. The fourth-order valence-electron chi connectivity index (χ4n) is 1.67. The number of likely N-dealkylation sites (N-methyl/N-ethyl adjacent to an activating group) is 1. The van der Waals surface area contributed by atoms with E-state index in [1.165, 1.54) is 24.2 Å². The Morgan fingerprint density at radius 3 is 3.05 bits per heavy atom. The van der Waals surface area contributed by atoms with E-state index in [1.807, 2.05) is 0 Å². The number of carbonyl (C=O) groups is 1. The van der Waals surface area contributed by atoms with Gasteiger partial charge in [0, 0.05) is 20.2 Å². The van der Waals surface area contributed by atoms with Crippen molar-refractivity contribution in [2.45, 2.75) is 12.8 Å². The van der Waals surface area contributed by atoms with Crippen molar-refractivity contribution < 1.29 is 14.6 Å². The Morgan fingerprint density at radius 2 is 2.35 bits per heavy atom. The molecule has 1 heterocycles. The maximum atomic E-state index is 12.2. The van der Waals surface area contributed by atoms with Crippen LogP contribution in [0.15, 0.2) is 12.1 Å². The summed E-state index contributed by atoms with van der Waals surface area (Å²) in [5, 5.41) is 8.64. The Hall–Kier alpha value is -1.35. The van der Waals surface area contributed by atoms with Crippen molar-refractivity contribution in [2.24, 2.45) is 5.92 Å². The van der Waals surface area contributed by atoms with Gasteiger partial charge in [-0.3, -0.25) is 4.79 Å². The third kappa shape index (κ3) is 4.64. The molecule has 0 bridgehead atoms. The quantitative estimate of drug-likeness (QED) is 0.640. The van der Waals surface area contributed by atoms with Crippen molar-refractivity contribution in [3.63, 3.8) is 0 Å². The number of aliphatic hydroxyl groups is 1. The van der Waals surface area contributed by atoms with Crippen molar-refractivity contribution in [3.05, 3.63) is 21.9 Å². The van der Waals surface area contributed by atoms with Crippen molar-refractivity contribution in [2.75, 3.05) is 33.4 Å². The number of rotatable bonds is 6. The molecule has 0 atom stereocenters. The highest BCUT2D eigenvalue weighted by Crippen LogP contribution is 2.28. The standard InChI is InChI=1S/C15H19NO3S/c1-16(8-10-19-11-12-4-5-12)15(18)14-7-6-13(20-14)3-2-9-17/h6-7,12,17H,4-5,8-11H2,1H3. The van der Waals surface area contributed by atoms with E-state index in [4.69, 9.17) is 9.84 Å². The minimum Gasteiger partial charge on any atom is -0.384 e. The van der Waals surface area contributed by atoms with Crippen molar-refractivity contribution >= 4 is 17.2 Å². The summed E-state index contributed by atoms with van der Waals surface area (Å²) in [4.78, 5) is 15.3. The molecule has 0 spiro atoms. The second kappa shape index (κ2) is 7.44. The van der Waals surface area contributed by atoms with E-state index in [1.54, 1.807) is 24.1 Å². The highest BCUT2D eigenvalue weighted by Gasteiger charge is 2.21. The lowest BCUT2D eigenvalue weighted by Gasteiger charge is -2.16. The predicted octanol–water partition coefficient (Wildman–Crippen LogP) is 1.59. The number of aliphatic hydroxyl groups excluding tert-OH is 1. The zero-order chi connectivity index (χ0) is 14.4. The van der Waals surface area contributed by atoms with Crippen LogP contribution in [0.25, 0.3) is 0 Å². The topological polar surface area (TPSA) is 49.8 Å². The van der Waals surface area contributed by atoms with Crippen LogP contribution in [0.2, 0.25) is 0 Å². The molecule has 5 heteroatoms. The van der Waals surface area contributed by atoms with Crippen LogP contribution in [-0.4, -0.2) is 49.3 Å². The molecular weight excluding hydrogens is 274 g/mol. The first-order valence-electron chi connectivity index (χ1n) is 6.73. The van der Waals surface area contributed by atoms with Gasteiger partial charge in [0.2, 0.25) is 0 Å². The summed E-state index contributed by atoms with van der Waals surface area (Å²) in [6, 6.07) is 3.58. The van der Waals surface area contributed by atoms with Gasteiger partial charge >= 0.3 is 0 Å².